The number of nitrogens with zero attached hydrogens (tertiary/aromatic N) is 1. The van der Waals surface area contributed by atoms with Crippen LogP contribution in [0.15, 0.2) is 0 Å². The molecule has 0 aromatic heterocycles. The van der Waals surface area contributed by atoms with Gasteiger partial charge in [-0.2, -0.15) is 0 Å². The van der Waals surface area contributed by atoms with Crippen molar-refractivity contribution >= 4 is 5.91 Å². The summed E-state index contributed by atoms with van der Waals surface area (Å²) < 4.78 is 5.68. The van der Waals surface area contributed by atoms with E-state index in [1.54, 1.807) is 0 Å². The Morgan fingerprint density at radius 1 is 1.47 bits per heavy atom. The van der Waals surface area contributed by atoms with Gasteiger partial charge in [0.25, 0.3) is 0 Å². The van der Waals surface area contributed by atoms with Crippen LogP contribution < -0.4 is 10.6 Å². The number of rotatable bonds is 4. The van der Waals surface area contributed by atoms with E-state index >= 15 is 0 Å². The second kappa shape index (κ2) is 6.68. The summed E-state index contributed by atoms with van der Waals surface area (Å²) in [7, 11) is 2.09. The molecule has 2 aliphatic rings. The Kier molecular flexibility index (Phi) is 5.19. The highest BCUT2D eigenvalue weighted by Gasteiger charge is 2.37. The van der Waals surface area contributed by atoms with E-state index in [2.05, 4.69) is 29.5 Å². The Bertz CT molecular complexity index is 303. The number of likely N-dealkylation sites (N-methyl/N-ethyl adjacent to an activating group) is 1. The van der Waals surface area contributed by atoms with Crippen LogP contribution in [0.2, 0.25) is 0 Å². The molecule has 2 rings (SSSR count). The van der Waals surface area contributed by atoms with Crippen molar-refractivity contribution in [2.24, 2.45) is 5.41 Å². The summed E-state index contributed by atoms with van der Waals surface area (Å²) in [5.41, 5.74) is -0.161. The van der Waals surface area contributed by atoms with Gasteiger partial charge in [-0.15, -0.1) is 0 Å². The molecule has 5 nitrogen and oxygen atoms in total. The molecule has 2 heterocycles. The maximum absolute atomic E-state index is 12.5. The Morgan fingerprint density at radius 3 is 2.84 bits per heavy atom. The first kappa shape index (κ1) is 14.8. The average Bonchev–Trinajstić information content (AvgIpc) is 2.45. The molecule has 2 aliphatic heterocycles. The van der Waals surface area contributed by atoms with Crippen molar-refractivity contribution in [1.82, 2.24) is 15.5 Å². The largest absolute Gasteiger partial charge is 0.374 e. The van der Waals surface area contributed by atoms with Gasteiger partial charge >= 0.3 is 0 Å². The number of hydrogen-bond acceptors (Lipinski definition) is 4. The smallest absolute Gasteiger partial charge is 0.226 e. The van der Waals surface area contributed by atoms with Gasteiger partial charge in [-0.25, -0.2) is 0 Å². The first-order chi connectivity index (χ1) is 9.16. The van der Waals surface area contributed by atoms with Gasteiger partial charge in [0.05, 0.1) is 18.1 Å². The molecular formula is C14H27N3O2. The molecular weight excluding hydrogens is 242 g/mol. The van der Waals surface area contributed by atoms with Crippen LogP contribution in [-0.2, 0) is 9.53 Å². The summed E-state index contributed by atoms with van der Waals surface area (Å²) in [6.45, 7) is 7.30. The molecule has 5 heteroatoms. The zero-order chi connectivity index (χ0) is 13.7. The fourth-order valence-electron chi connectivity index (χ4n) is 3.03. The molecule has 0 radical (unpaired) electrons. The van der Waals surface area contributed by atoms with E-state index in [-0.39, 0.29) is 17.4 Å². The van der Waals surface area contributed by atoms with Crippen LogP contribution in [0.4, 0.5) is 0 Å². The number of nitrogens with one attached hydrogen (secondary N) is 2. The summed E-state index contributed by atoms with van der Waals surface area (Å²) in [4.78, 5) is 14.7. The minimum atomic E-state index is -0.161. The standard InChI is InChI=1S/C14H27N3O2/c1-3-14(4-6-15-7-5-14)13(18)16-10-12-11-17(2)8-9-19-12/h12,15H,3-11H2,1-2H3,(H,16,18). The van der Waals surface area contributed by atoms with Crippen LogP contribution in [0.25, 0.3) is 0 Å². The summed E-state index contributed by atoms with van der Waals surface area (Å²) in [5.74, 6) is 0.216. The van der Waals surface area contributed by atoms with Gasteiger partial charge in [-0.3, -0.25) is 4.79 Å². The predicted molar refractivity (Wildman–Crippen MR) is 75.1 cm³/mol. The first-order valence-electron chi connectivity index (χ1n) is 7.45. The molecule has 2 saturated heterocycles. The SMILES string of the molecule is CCC1(C(=O)NCC2CN(C)CCO2)CCNCC1. The molecule has 1 amide bonds. The molecule has 2 fully saturated rings. The van der Waals surface area contributed by atoms with Crippen LogP contribution in [0.5, 0.6) is 0 Å². The topological polar surface area (TPSA) is 53.6 Å². The van der Waals surface area contributed by atoms with E-state index < -0.39 is 0 Å². The monoisotopic (exact) mass is 269 g/mol. The molecule has 0 aromatic rings. The molecule has 0 aliphatic carbocycles. The lowest BCUT2D eigenvalue weighted by atomic mass is 9.76. The van der Waals surface area contributed by atoms with Gasteiger partial charge in [-0.05, 0) is 39.4 Å². The van der Waals surface area contributed by atoms with E-state index in [9.17, 15) is 4.79 Å². The van der Waals surface area contributed by atoms with Crippen LogP contribution in [-0.4, -0.2) is 63.3 Å². The third-order valence-electron chi connectivity index (χ3n) is 4.55. The van der Waals surface area contributed by atoms with E-state index in [1.165, 1.54) is 0 Å². The molecule has 110 valence electrons. The lowest BCUT2D eigenvalue weighted by Gasteiger charge is -2.36. The van der Waals surface area contributed by atoms with Crippen LogP contribution >= 0.6 is 0 Å². The number of carbonyl (C=O) groups is 1. The highest BCUT2D eigenvalue weighted by atomic mass is 16.5. The van der Waals surface area contributed by atoms with Gasteiger partial charge in [0.1, 0.15) is 0 Å². The molecule has 0 bridgehead atoms. The molecule has 1 atom stereocenters. The highest BCUT2D eigenvalue weighted by Crippen LogP contribution is 2.32. The number of carbonyl (C=O) groups excluding carboxylic acids is 1. The normalized spacial score (nSPS) is 28.0. The number of morpholine rings is 1. The van der Waals surface area contributed by atoms with Crippen LogP contribution in [0, 0.1) is 5.41 Å². The minimum absolute atomic E-state index is 0.137. The van der Waals surface area contributed by atoms with Crippen molar-refractivity contribution in [3.8, 4) is 0 Å². The number of amides is 1. The van der Waals surface area contributed by atoms with Gasteiger partial charge in [0.15, 0.2) is 0 Å². The van der Waals surface area contributed by atoms with Gasteiger partial charge in [0, 0.05) is 19.6 Å². The van der Waals surface area contributed by atoms with E-state index in [1.807, 2.05) is 0 Å². The Hall–Kier alpha value is -0.650. The minimum Gasteiger partial charge on any atom is -0.374 e. The second-order valence-electron chi connectivity index (χ2n) is 5.85. The van der Waals surface area contributed by atoms with Crippen LogP contribution in [0.3, 0.4) is 0 Å². The van der Waals surface area contributed by atoms with Gasteiger partial charge in [-0.1, -0.05) is 6.92 Å². The van der Waals surface area contributed by atoms with Gasteiger partial charge in [0.2, 0.25) is 5.91 Å². The second-order valence-corrected chi connectivity index (χ2v) is 5.85. The average molecular weight is 269 g/mol. The number of piperidine rings is 1. The van der Waals surface area contributed by atoms with Crippen molar-refractivity contribution in [2.45, 2.75) is 32.3 Å². The maximum atomic E-state index is 12.5. The fourth-order valence-corrected chi connectivity index (χ4v) is 3.03. The molecule has 0 saturated carbocycles. The lowest BCUT2D eigenvalue weighted by Crippen LogP contribution is -2.51. The maximum Gasteiger partial charge on any atom is 0.226 e. The number of ether oxygens (including phenoxy) is 1. The molecule has 0 spiro atoms. The van der Waals surface area contributed by atoms with Crippen molar-refractivity contribution in [2.75, 3.05) is 46.4 Å². The van der Waals surface area contributed by atoms with Crippen molar-refractivity contribution in [1.29, 1.82) is 0 Å². The Morgan fingerprint density at radius 2 is 2.21 bits per heavy atom. The van der Waals surface area contributed by atoms with Crippen LogP contribution in [0.1, 0.15) is 26.2 Å². The highest BCUT2D eigenvalue weighted by molar-refractivity contribution is 5.82. The third-order valence-corrected chi connectivity index (χ3v) is 4.55. The zero-order valence-corrected chi connectivity index (χ0v) is 12.2. The zero-order valence-electron chi connectivity index (χ0n) is 12.2. The van der Waals surface area contributed by atoms with Crippen molar-refractivity contribution in [3.63, 3.8) is 0 Å². The van der Waals surface area contributed by atoms with E-state index in [0.29, 0.717) is 6.54 Å². The number of hydrogen-bond donors (Lipinski definition) is 2. The van der Waals surface area contributed by atoms with Crippen molar-refractivity contribution < 1.29 is 9.53 Å². The predicted octanol–water partition coefficient (Wildman–Crippen LogP) is 0.213. The fraction of sp³-hybridized carbons (Fsp3) is 0.929. The van der Waals surface area contributed by atoms with Gasteiger partial charge < -0.3 is 20.3 Å². The summed E-state index contributed by atoms with van der Waals surface area (Å²) in [6, 6.07) is 0. The third kappa shape index (κ3) is 3.68. The molecule has 1 unspecified atom stereocenters. The summed E-state index contributed by atoms with van der Waals surface area (Å²) in [6.07, 6.45) is 2.95. The molecule has 19 heavy (non-hydrogen) atoms. The Balaban J connectivity index is 1.82. The molecule has 2 N–H and O–H groups in total. The first-order valence-corrected chi connectivity index (χ1v) is 7.45. The lowest BCUT2D eigenvalue weighted by molar-refractivity contribution is -0.134. The summed E-state index contributed by atoms with van der Waals surface area (Å²) in [5, 5.41) is 6.44. The summed E-state index contributed by atoms with van der Waals surface area (Å²) >= 11 is 0. The van der Waals surface area contributed by atoms with Crippen molar-refractivity contribution in [3.05, 3.63) is 0 Å². The Labute approximate surface area is 116 Å². The quantitative estimate of drug-likeness (QED) is 0.766. The van der Waals surface area contributed by atoms with E-state index in [4.69, 9.17) is 4.74 Å². The molecule has 0 aromatic carbocycles. The van der Waals surface area contributed by atoms with E-state index in [0.717, 1.165) is 52.0 Å².